The highest BCUT2D eigenvalue weighted by Crippen LogP contribution is 2.41. The molecule has 216 valence electrons. The fourth-order valence-corrected chi connectivity index (χ4v) is 6.12. The summed E-state index contributed by atoms with van der Waals surface area (Å²) in [6, 6.07) is 9.04. The first-order chi connectivity index (χ1) is 18.0. The van der Waals surface area contributed by atoms with E-state index in [2.05, 4.69) is 14.7 Å². The van der Waals surface area contributed by atoms with Crippen LogP contribution in [-0.2, 0) is 35.7 Å². The fourth-order valence-electron chi connectivity index (χ4n) is 4.66. The number of hydrogen-bond acceptors (Lipinski definition) is 8. The molecular formula is C25H40BN5O7S. The summed E-state index contributed by atoms with van der Waals surface area (Å²) in [5, 5.41) is 13.9. The van der Waals surface area contributed by atoms with Gasteiger partial charge in [0.1, 0.15) is 6.61 Å². The predicted molar refractivity (Wildman–Crippen MR) is 147 cm³/mol. The van der Waals surface area contributed by atoms with E-state index in [0.29, 0.717) is 19.2 Å². The Labute approximate surface area is 231 Å². The number of ether oxygens (including phenoxy) is 1. The van der Waals surface area contributed by atoms with E-state index >= 15 is 0 Å². The lowest BCUT2D eigenvalue weighted by atomic mass is 9.78. The van der Waals surface area contributed by atoms with Gasteiger partial charge in [-0.1, -0.05) is 41.9 Å². The van der Waals surface area contributed by atoms with E-state index in [1.807, 2.05) is 45.9 Å². The van der Waals surface area contributed by atoms with Gasteiger partial charge in [0.25, 0.3) is 10.2 Å². The fraction of sp³-hybridized carbons (Fsp3) is 0.720. The van der Waals surface area contributed by atoms with Crippen LogP contribution in [0.25, 0.3) is 10.4 Å². The molecule has 0 spiro atoms. The van der Waals surface area contributed by atoms with Crippen LogP contribution in [0.1, 0.15) is 59.9 Å². The van der Waals surface area contributed by atoms with Gasteiger partial charge in [0, 0.05) is 24.5 Å². The molecule has 14 heteroatoms. The van der Waals surface area contributed by atoms with Crippen molar-refractivity contribution in [1.82, 2.24) is 9.03 Å². The molecule has 39 heavy (non-hydrogen) atoms. The molecule has 1 aromatic carbocycles. The van der Waals surface area contributed by atoms with Crippen molar-refractivity contribution in [2.45, 2.75) is 89.7 Å². The highest BCUT2D eigenvalue weighted by atomic mass is 32.2. The van der Waals surface area contributed by atoms with E-state index < -0.39 is 51.6 Å². The Morgan fingerprint density at radius 2 is 1.87 bits per heavy atom. The molecule has 3 rings (SSSR count). The molecule has 2 N–H and O–H groups in total. The molecule has 1 aromatic rings. The number of carbonyl (C=O) groups excluding carboxylic acids is 1. The van der Waals surface area contributed by atoms with E-state index in [-0.39, 0.29) is 26.2 Å². The van der Waals surface area contributed by atoms with Crippen LogP contribution in [0.4, 0.5) is 0 Å². The SMILES string of the molecule is CC(C)(O)CNS(=O)(=O)N1C[C@@H](CCCB2OC(C)(C)C(C)(C)O2)[C@@](N=[N+]=[N-])(C(=O)OCc2ccccc2)C1. The highest BCUT2D eigenvalue weighted by Gasteiger charge is 2.56. The third kappa shape index (κ3) is 7.52. The summed E-state index contributed by atoms with van der Waals surface area (Å²) in [4.78, 5) is 16.4. The van der Waals surface area contributed by atoms with Crippen LogP contribution in [0.5, 0.6) is 0 Å². The highest BCUT2D eigenvalue weighted by molar-refractivity contribution is 7.87. The van der Waals surface area contributed by atoms with Crippen molar-refractivity contribution in [2.24, 2.45) is 11.0 Å². The minimum Gasteiger partial charge on any atom is -0.460 e. The van der Waals surface area contributed by atoms with Crippen LogP contribution in [0, 0.1) is 5.92 Å². The first kappa shape index (κ1) is 31.3. The lowest BCUT2D eigenvalue weighted by Gasteiger charge is -2.32. The van der Waals surface area contributed by atoms with Crippen LogP contribution in [-0.4, -0.2) is 72.9 Å². The van der Waals surface area contributed by atoms with Gasteiger partial charge >= 0.3 is 13.1 Å². The molecule has 12 nitrogen and oxygen atoms in total. The van der Waals surface area contributed by atoms with Crippen molar-refractivity contribution in [3.63, 3.8) is 0 Å². The summed E-state index contributed by atoms with van der Waals surface area (Å²) >= 11 is 0. The minimum atomic E-state index is -4.10. The van der Waals surface area contributed by atoms with Gasteiger partial charge in [0.15, 0.2) is 5.54 Å². The second kappa shape index (κ2) is 11.7. The van der Waals surface area contributed by atoms with Crippen molar-refractivity contribution in [3.05, 3.63) is 46.3 Å². The van der Waals surface area contributed by atoms with Crippen molar-refractivity contribution < 1.29 is 32.4 Å². The maximum absolute atomic E-state index is 13.5. The van der Waals surface area contributed by atoms with Crippen LogP contribution in [0.3, 0.4) is 0 Å². The van der Waals surface area contributed by atoms with Gasteiger partial charge in [-0.2, -0.15) is 17.4 Å². The smallest absolute Gasteiger partial charge is 0.457 e. The van der Waals surface area contributed by atoms with Gasteiger partial charge in [-0.25, -0.2) is 0 Å². The molecule has 0 amide bonds. The number of azide groups is 1. The van der Waals surface area contributed by atoms with Gasteiger partial charge in [-0.15, -0.1) is 0 Å². The van der Waals surface area contributed by atoms with E-state index in [1.54, 1.807) is 12.1 Å². The summed E-state index contributed by atoms with van der Waals surface area (Å²) in [6.45, 7) is 10.1. The lowest BCUT2D eigenvalue weighted by molar-refractivity contribution is -0.152. The normalized spacial score (nSPS) is 24.9. The number of esters is 1. The summed E-state index contributed by atoms with van der Waals surface area (Å²) < 4.78 is 47.4. The van der Waals surface area contributed by atoms with Crippen molar-refractivity contribution in [1.29, 1.82) is 0 Å². The van der Waals surface area contributed by atoms with E-state index in [9.17, 15) is 23.8 Å². The van der Waals surface area contributed by atoms with Crippen molar-refractivity contribution in [2.75, 3.05) is 19.6 Å². The number of nitrogens with zero attached hydrogens (tertiary/aromatic N) is 4. The monoisotopic (exact) mass is 565 g/mol. The summed E-state index contributed by atoms with van der Waals surface area (Å²) in [7, 11) is -4.56. The predicted octanol–water partition coefficient (Wildman–Crippen LogP) is 3.19. The Morgan fingerprint density at radius 1 is 1.26 bits per heavy atom. The molecular weight excluding hydrogens is 525 g/mol. The molecule has 2 saturated heterocycles. The van der Waals surface area contributed by atoms with Gasteiger partial charge in [-0.05, 0) is 71.3 Å². The van der Waals surface area contributed by atoms with Gasteiger partial charge in [0.2, 0.25) is 0 Å². The zero-order valence-corrected chi connectivity index (χ0v) is 24.4. The lowest BCUT2D eigenvalue weighted by Crippen LogP contribution is -2.48. The number of nitrogens with one attached hydrogen (secondary N) is 1. The number of rotatable bonds is 12. The standard InChI is InChI=1S/C25H40BN5O7S/c1-22(2,33)17-28-39(34,35)31-15-20(13-10-14-26-37-23(3,4)24(5,6)38-26)25(18-31,29-30-27)21(32)36-16-19-11-8-7-9-12-19/h7-9,11-12,20,28,33H,10,13-18H2,1-6H3/t20-,25-/m1/s1. The third-order valence-corrected chi connectivity index (χ3v) is 9.09. The van der Waals surface area contributed by atoms with Gasteiger partial charge in [-0.3, -0.25) is 4.79 Å². The molecule has 0 aromatic heterocycles. The number of aliphatic hydroxyl groups is 1. The first-order valence-corrected chi connectivity index (χ1v) is 14.6. The van der Waals surface area contributed by atoms with Gasteiger partial charge < -0.3 is 19.2 Å². The second-order valence-electron chi connectivity index (χ2n) is 11.9. The molecule has 0 bridgehead atoms. The Morgan fingerprint density at radius 3 is 2.44 bits per heavy atom. The third-order valence-electron chi connectivity index (χ3n) is 7.63. The maximum atomic E-state index is 13.5. The van der Waals surface area contributed by atoms with Crippen LogP contribution in [0.2, 0.25) is 6.32 Å². The van der Waals surface area contributed by atoms with Crippen molar-refractivity contribution in [3.8, 4) is 0 Å². The quantitative estimate of drug-likeness (QED) is 0.129. The summed E-state index contributed by atoms with van der Waals surface area (Å²) in [6.07, 6.45) is 1.40. The average molecular weight is 566 g/mol. The second-order valence-corrected chi connectivity index (χ2v) is 13.7. The maximum Gasteiger partial charge on any atom is 0.457 e. The largest absolute Gasteiger partial charge is 0.460 e. The molecule has 2 heterocycles. The number of hydrogen-bond donors (Lipinski definition) is 2. The molecule has 0 saturated carbocycles. The average Bonchev–Trinajstić information content (AvgIpc) is 3.31. The van der Waals surface area contributed by atoms with E-state index in [0.717, 1.165) is 9.87 Å². The molecule has 0 radical (unpaired) electrons. The van der Waals surface area contributed by atoms with Crippen molar-refractivity contribution >= 4 is 23.3 Å². The zero-order valence-electron chi connectivity index (χ0n) is 23.6. The zero-order chi connectivity index (χ0) is 29.1. The summed E-state index contributed by atoms with van der Waals surface area (Å²) in [5.41, 5.74) is 6.17. The van der Waals surface area contributed by atoms with Crippen LogP contribution >= 0.6 is 0 Å². The molecule has 2 fully saturated rings. The Bertz CT molecular complexity index is 1150. The molecule has 0 unspecified atom stereocenters. The Hall–Kier alpha value is -2.19. The van der Waals surface area contributed by atoms with Gasteiger partial charge in [0.05, 0.1) is 16.8 Å². The number of carbonyl (C=O) groups is 1. The Kier molecular flexibility index (Phi) is 9.43. The van der Waals surface area contributed by atoms with E-state index in [4.69, 9.17) is 14.0 Å². The minimum absolute atomic E-state index is 0.0489. The molecule has 2 aliphatic rings. The topological polar surface area (TPSA) is 163 Å². The van der Waals surface area contributed by atoms with Crippen LogP contribution in [0.15, 0.2) is 35.4 Å². The molecule has 2 aliphatic heterocycles. The number of benzene rings is 1. The van der Waals surface area contributed by atoms with Crippen LogP contribution < -0.4 is 4.72 Å². The summed E-state index contributed by atoms with van der Waals surface area (Å²) in [5.74, 6) is -1.44. The molecule has 2 atom stereocenters. The first-order valence-electron chi connectivity index (χ1n) is 13.1. The molecule has 0 aliphatic carbocycles. The Balaban J connectivity index is 1.80. The van der Waals surface area contributed by atoms with E-state index in [1.165, 1.54) is 13.8 Å².